The molecule has 0 spiro atoms. The summed E-state index contributed by atoms with van der Waals surface area (Å²) in [6, 6.07) is 0. The molecule has 0 radical (unpaired) electrons. The molecule has 0 aromatic heterocycles. The summed E-state index contributed by atoms with van der Waals surface area (Å²) in [4.78, 5) is 0. The lowest BCUT2D eigenvalue weighted by atomic mass is 9.94. The minimum absolute atomic E-state index is 0.108. The van der Waals surface area contributed by atoms with Crippen LogP contribution in [0.3, 0.4) is 0 Å². The Morgan fingerprint density at radius 3 is 2.50 bits per heavy atom. The van der Waals surface area contributed by atoms with E-state index in [1.54, 1.807) is 0 Å². The van der Waals surface area contributed by atoms with E-state index in [2.05, 4.69) is 0 Å². The van der Waals surface area contributed by atoms with Gasteiger partial charge in [0.2, 0.25) is 0 Å². The Hall–Kier alpha value is -0.0800. The first kappa shape index (κ1) is 8.52. The molecule has 2 aliphatic carbocycles. The Kier molecular flexibility index (Phi) is 2.13. The molecule has 0 aromatic rings. The van der Waals surface area contributed by atoms with Crippen molar-refractivity contribution < 1.29 is 5.11 Å². The molecule has 3 N–H and O–H groups in total. The van der Waals surface area contributed by atoms with Gasteiger partial charge in [-0.15, -0.1) is 0 Å². The molecule has 2 nitrogen and oxygen atoms in total. The van der Waals surface area contributed by atoms with E-state index in [9.17, 15) is 5.11 Å². The standard InChI is InChI=1S/C10H19NO/c11-7-10(5-6-10)9(12)4-3-8-1-2-8/h8-9,12H,1-7,11H2. The molecule has 12 heavy (non-hydrogen) atoms. The molecule has 0 amide bonds. The first-order valence-corrected chi connectivity index (χ1v) is 5.15. The molecule has 1 atom stereocenters. The molecule has 0 saturated heterocycles. The first-order valence-electron chi connectivity index (χ1n) is 5.15. The van der Waals surface area contributed by atoms with Gasteiger partial charge in [0.1, 0.15) is 0 Å². The lowest BCUT2D eigenvalue weighted by Gasteiger charge is -2.19. The summed E-state index contributed by atoms with van der Waals surface area (Å²) in [7, 11) is 0. The lowest BCUT2D eigenvalue weighted by Crippen LogP contribution is -2.29. The van der Waals surface area contributed by atoms with Crippen molar-refractivity contribution in [3.63, 3.8) is 0 Å². The molecular weight excluding hydrogens is 150 g/mol. The fourth-order valence-electron chi connectivity index (χ4n) is 1.94. The molecule has 0 aromatic carbocycles. The van der Waals surface area contributed by atoms with E-state index in [-0.39, 0.29) is 11.5 Å². The second kappa shape index (κ2) is 3.00. The SMILES string of the molecule is NCC1(C(O)CCC2CC2)CC1. The number of hydrogen-bond acceptors (Lipinski definition) is 2. The van der Waals surface area contributed by atoms with Gasteiger partial charge in [0.05, 0.1) is 6.10 Å². The maximum atomic E-state index is 9.84. The predicted molar refractivity (Wildman–Crippen MR) is 48.7 cm³/mol. The molecule has 2 saturated carbocycles. The smallest absolute Gasteiger partial charge is 0.0608 e. The van der Waals surface area contributed by atoms with Gasteiger partial charge in [0.15, 0.2) is 0 Å². The Morgan fingerprint density at radius 2 is 2.08 bits per heavy atom. The summed E-state index contributed by atoms with van der Waals surface area (Å²) in [5, 5.41) is 9.84. The first-order chi connectivity index (χ1) is 5.77. The van der Waals surface area contributed by atoms with E-state index in [0.717, 1.165) is 25.2 Å². The van der Waals surface area contributed by atoms with Crippen molar-refractivity contribution in [1.29, 1.82) is 0 Å². The van der Waals surface area contributed by atoms with Crippen molar-refractivity contribution >= 4 is 0 Å². The van der Waals surface area contributed by atoms with Gasteiger partial charge in [-0.25, -0.2) is 0 Å². The summed E-state index contributed by atoms with van der Waals surface area (Å²) in [6.07, 6.45) is 7.18. The van der Waals surface area contributed by atoms with Crippen molar-refractivity contribution in [1.82, 2.24) is 0 Å². The number of hydrogen-bond donors (Lipinski definition) is 2. The zero-order valence-corrected chi connectivity index (χ0v) is 7.63. The van der Waals surface area contributed by atoms with E-state index >= 15 is 0 Å². The second-order valence-corrected chi connectivity index (χ2v) is 4.60. The van der Waals surface area contributed by atoms with Crippen LogP contribution in [0.1, 0.15) is 38.5 Å². The van der Waals surface area contributed by atoms with Gasteiger partial charge in [-0.2, -0.15) is 0 Å². The zero-order valence-electron chi connectivity index (χ0n) is 7.63. The highest BCUT2D eigenvalue weighted by atomic mass is 16.3. The van der Waals surface area contributed by atoms with Gasteiger partial charge in [-0.1, -0.05) is 12.8 Å². The minimum atomic E-state index is -0.108. The van der Waals surface area contributed by atoms with Crippen LogP contribution >= 0.6 is 0 Å². The zero-order chi connectivity index (χ0) is 8.60. The third kappa shape index (κ3) is 1.64. The second-order valence-electron chi connectivity index (χ2n) is 4.60. The Morgan fingerprint density at radius 1 is 1.42 bits per heavy atom. The largest absolute Gasteiger partial charge is 0.393 e. The van der Waals surface area contributed by atoms with E-state index < -0.39 is 0 Å². The number of aliphatic hydroxyl groups excluding tert-OH is 1. The Balaban J connectivity index is 1.71. The van der Waals surface area contributed by atoms with Crippen LogP contribution in [-0.4, -0.2) is 17.8 Å². The van der Waals surface area contributed by atoms with E-state index in [1.807, 2.05) is 0 Å². The molecule has 0 heterocycles. The maximum Gasteiger partial charge on any atom is 0.0608 e. The third-order valence-electron chi connectivity index (χ3n) is 3.55. The third-order valence-corrected chi connectivity index (χ3v) is 3.55. The summed E-state index contributed by atoms with van der Waals surface area (Å²) in [6.45, 7) is 0.679. The highest BCUT2D eigenvalue weighted by molar-refractivity contribution is 4.99. The van der Waals surface area contributed by atoms with Crippen LogP contribution in [0.2, 0.25) is 0 Å². The minimum Gasteiger partial charge on any atom is -0.393 e. The van der Waals surface area contributed by atoms with Gasteiger partial charge >= 0.3 is 0 Å². The molecule has 0 aliphatic heterocycles. The lowest BCUT2D eigenvalue weighted by molar-refractivity contribution is 0.0850. The maximum absolute atomic E-state index is 9.84. The van der Waals surface area contributed by atoms with Gasteiger partial charge in [-0.05, 0) is 31.6 Å². The molecule has 0 bridgehead atoms. The molecular formula is C10H19NO. The van der Waals surface area contributed by atoms with Gasteiger partial charge in [0, 0.05) is 12.0 Å². The van der Waals surface area contributed by atoms with Crippen LogP contribution < -0.4 is 5.73 Å². The van der Waals surface area contributed by atoms with Gasteiger partial charge in [0.25, 0.3) is 0 Å². The molecule has 2 fully saturated rings. The summed E-state index contributed by atoms with van der Waals surface area (Å²) >= 11 is 0. The number of aliphatic hydroxyl groups is 1. The topological polar surface area (TPSA) is 46.2 Å². The van der Waals surface area contributed by atoms with Gasteiger partial charge < -0.3 is 10.8 Å². The normalized spacial score (nSPS) is 28.5. The van der Waals surface area contributed by atoms with Crippen molar-refractivity contribution in [2.24, 2.45) is 17.1 Å². The van der Waals surface area contributed by atoms with Crippen LogP contribution in [-0.2, 0) is 0 Å². The van der Waals surface area contributed by atoms with E-state index in [1.165, 1.54) is 19.3 Å². The molecule has 70 valence electrons. The molecule has 2 heteroatoms. The van der Waals surface area contributed by atoms with Crippen LogP contribution in [0.4, 0.5) is 0 Å². The highest BCUT2D eigenvalue weighted by Gasteiger charge is 2.47. The predicted octanol–water partition coefficient (Wildman–Crippen LogP) is 1.28. The number of nitrogens with two attached hydrogens (primary N) is 1. The van der Waals surface area contributed by atoms with Crippen LogP contribution in [0.15, 0.2) is 0 Å². The Bertz CT molecular complexity index is 161. The van der Waals surface area contributed by atoms with Crippen LogP contribution in [0.25, 0.3) is 0 Å². The quantitative estimate of drug-likeness (QED) is 0.651. The van der Waals surface area contributed by atoms with E-state index in [0.29, 0.717) is 6.54 Å². The van der Waals surface area contributed by atoms with Gasteiger partial charge in [-0.3, -0.25) is 0 Å². The fraction of sp³-hybridized carbons (Fsp3) is 1.00. The number of rotatable bonds is 5. The Labute approximate surface area is 74.1 Å². The monoisotopic (exact) mass is 169 g/mol. The highest BCUT2D eigenvalue weighted by Crippen LogP contribution is 2.49. The summed E-state index contributed by atoms with van der Waals surface area (Å²) in [5.74, 6) is 0.938. The average molecular weight is 169 g/mol. The van der Waals surface area contributed by atoms with E-state index in [4.69, 9.17) is 5.73 Å². The van der Waals surface area contributed by atoms with Crippen LogP contribution in [0.5, 0.6) is 0 Å². The summed E-state index contributed by atoms with van der Waals surface area (Å²) in [5.41, 5.74) is 5.78. The van der Waals surface area contributed by atoms with Crippen molar-refractivity contribution in [3.8, 4) is 0 Å². The summed E-state index contributed by atoms with van der Waals surface area (Å²) < 4.78 is 0. The van der Waals surface area contributed by atoms with Crippen molar-refractivity contribution in [2.45, 2.75) is 44.6 Å². The molecule has 2 aliphatic rings. The van der Waals surface area contributed by atoms with Crippen LogP contribution in [0, 0.1) is 11.3 Å². The fourth-order valence-corrected chi connectivity index (χ4v) is 1.94. The van der Waals surface area contributed by atoms with Crippen molar-refractivity contribution in [2.75, 3.05) is 6.54 Å². The molecule has 1 unspecified atom stereocenters. The molecule has 2 rings (SSSR count). The van der Waals surface area contributed by atoms with Crippen molar-refractivity contribution in [3.05, 3.63) is 0 Å². The average Bonchev–Trinajstić information content (AvgIpc) is 2.95.